The van der Waals surface area contributed by atoms with Gasteiger partial charge in [-0.3, -0.25) is 4.99 Å². The van der Waals surface area contributed by atoms with Crippen molar-refractivity contribution in [2.45, 2.75) is 6.18 Å². The van der Waals surface area contributed by atoms with Crippen molar-refractivity contribution in [3.63, 3.8) is 0 Å². The molecule has 0 bridgehead atoms. The molecule has 0 aromatic heterocycles. The van der Waals surface area contributed by atoms with Crippen LogP contribution in [0.1, 0.15) is 11.1 Å². The Morgan fingerprint density at radius 2 is 1.82 bits per heavy atom. The van der Waals surface area contributed by atoms with E-state index in [0.717, 1.165) is 12.1 Å². The quantitative estimate of drug-likeness (QED) is 0.335. The molecule has 0 amide bonds. The molecule has 7 nitrogen and oxygen atoms in total. The van der Waals surface area contributed by atoms with Crippen LogP contribution in [0.15, 0.2) is 53.5 Å². The van der Waals surface area contributed by atoms with E-state index in [0.29, 0.717) is 41.2 Å². The minimum atomic E-state index is -4.42. The maximum atomic E-state index is 12.9. The van der Waals surface area contributed by atoms with E-state index >= 15 is 0 Å². The molecule has 0 radical (unpaired) electrons. The normalized spacial score (nSPS) is 12.9. The number of methoxy groups -OCH3 is 1. The van der Waals surface area contributed by atoms with E-state index in [1.807, 2.05) is 0 Å². The Hall–Kier alpha value is -2.89. The molecule has 2 rings (SSSR count). The number of aliphatic imine (C=N–C) groups is 1. The summed E-state index contributed by atoms with van der Waals surface area (Å²) in [6.07, 6.45) is -1.29. The standard InChI is InChI=1S/C22H27F3N4O3S/c1-27-33(30,31)14-12-29-21-8-5-17(16-3-6-18(7-4-16)22(23,24)25)15-19(21)20(26)9-10-28-11-13-32-2/h3-10,15,27,29H,11-14,26H2,1-2H3. The highest BCUT2D eigenvalue weighted by Gasteiger charge is 2.30. The lowest BCUT2D eigenvalue weighted by atomic mass is 9.99. The molecule has 33 heavy (non-hydrogen) atoms. The fraction of sp³-hybridized carbons (Fsp3) is 0.318. The molecular weight excluding hydrogens is 457 g/mol. The average Bonchev–Trinajstić information content (AvgIpc) is 2.78. The van der Waals surface area contributed by atoms with Crippen LogP contribution in [-0.4, -0.2) is 54.2 Å². The van der Waals surface area contributed by atoms with Crippen LogP contribution in [-0.2, 0) is 20.9 Å². The van der Waals surface area contributed by atoms with Gasteiger partial charge >= 0.3 is 6.18 Å². The lowest BCUT2D eigenvalue weighted by Crippen LogP contribution is -2.26. The van der Waals surface area contributed by atoms with Crippen LogP contribution in [0.4, 0.5) is 18.9 Å². The van der Waals surface area contributed by atoms with Crippen LogP contribution >= 0.6 is 0 Å². The molecule has 0 aliphatic carbocycles. The number of rotatable bonds is 11. The van der Waals surface area contributed by atoms with Gasteiger partial charge in [-0.15, -0.1) is 0 Å². The maximum Gasteiger partial charge on any atom is 0.416 e. The molecule has 0 saturated carbocycles. The van der Waals surface area contributed by atoms with Gasteiger partial charge in [-0.25, -0.2) is 13.1 Å². The summed E-state index contributed by atoms with van der Waals surface area (Å²) in [4.78, 5) is 4.15. The number of alkyl halides is 3. The number of sulfonamides is 1. The SMILES string of the molecule is CNS(=O)(=O)CCNc1ccc(-c2ccc(C(F)(F)F)cc2)cc1C(N)=CC=NCCOC. The summed E-state index contributed by atoms with van der Waals surface area (Å²) in [7, 11) is -0.492. The molecule has 0 heterocycles. The molecule has 2 aromatic rings. The number of halogens is 3. The third kappa shape index (κ3) is 8.19. The van der Waals surface area contributed by atoms with Gasteiger partial charge in [0.2, 0.25) is 10.0 Å². The number of nitrogens with one attached hydrogen (secondary N) is 2. The molecule has 2 aromatic carbocycles. The largest absolute Gasteiger partial charge is 0.416 e. The number of hydrogen-bond donors (Lipinski definition) is 3. The molecule has 0 saturated heterocycles. The smallest absolute Gasteiger partial charge is 0.398 e. The number of allylic oxidation sites excluding steroid dienone is 1. The van der Waals surface area contributed by atoms with Crippen LogP contribution < -0.4 is 15.8 Å². The molecule has 0 aliphatic heterocycles. The Morgan fingerprint density at radius 3 is 2.42 bits per heavy atom. The second-order valence-electron chi connectivity index (χ2n) is 6.96. The molecule has 180 valence electrons. The topological polar surface area (TPSA) is 106 Å². The summed E-state index contributed by atoms with van der Waals surface area (Å²) in [5, 5.41) is 3.05. The Balaban J connectivity index is 2.35. The summed E-state index contributed by atoms with van der Waals surface area (Å²) in [6.45, 7) is 1.05. The van der Waals surface area contributed by atoms with Crippen molar-refractivity contribution in [3.05, 3.63) is 59.7 Å². The third-order valence-corrected chi connectivity index (χ3v) is 6.02. The van der Waals surface area contributed by atoms with E-state index in [1.165, 1.54) is 25.4 Å². The number of nitrogens with zero attached hydrogens (tertiary/aromatic N) is 1. The van der Waals surface area contributed by atoms with E-state index < -0.39 is 21.8 Å². The van der Waals surface area contributed by atoms with Gasteiger partial charge in [0.25, 0.3) is 0 Å². The molecular formula is C22H27F3N4O3S. The highest BCUT2D eigenvalue weighted by molar-refractivity contribution is 7.89. The van der Waals surface area contributed by atoms with Gasteiger partial charge in [0.05, 0.1) is 24.5 Å². The number of nitrogens with two attached hydrogens (primary N) is 1. The average molecular weight is 485 g/mol. The van der Waals surface area contributed by atoms with Crippen molar-refractivity contribution in [2.75, 3.05) is 44.9 Å². The Labute approximate surface area is 191 Å². The van der Waals surface area contributed by atoms with Gasteiger partial charge in [0.1, 0.15) is 0 Å². The fourth-order valence-corrected chi connectivity index (χ4v) is 3.41. The fourth-order valence-electron chi connectivity index (χ4n) is 2.83. The minimum absolute atomic E-state index is 0.130. The van der Waals surface area contributed by atoms with Crippen LogP contribution in [0.25, 0.3) is 16.8 Å². The van der Waals surface area contributed by atoms with Crippen molar-refractivity contribution in [1.29, 1.82) is 0 Å². The minimum Gasteiger partial charge on any atom is -0.398 e. The van der Waals surface area contributed by atoms with Crippen LogP contribution in [0.3, 0.4) is 0 Å². The molecule has 4 N–H and O–H groups in total. The number of anilines is 1. The first-order valence-electron chi connectivity index (χ1n) is 9.99. The molecule has 0 unspecified atom stereocenters. The van der Waals surface area contributed by atoms with E-state index in [1.54, 1.807) is 31.4 Å². The predicted molar refractivity (Wildman–Crippen MR) is 126 cm³/mol. The molecule has 0 atom stereocenters. The summed E-state index contributed by atoms with van der Waals surface area (Å²) in [6, 6.07) is 9.97. The van der Waals surface area contributed by atoms with E-state index in [2.05, 4.69) is 15.0 Å². The third-order valence-electron chi connectivity index (χ3n) is 4.66. The van der Waals surface area contributed by atoms with Gasteiger partial charge in [0.15, 0.2) is 0 Å². The van der Waals surface area contributed by atoms with Gasteiger partial charge in [0, 0.05) is 36.8 Å². The van der Waals surface area contributed by atoms with E-state index in [-0.39, 0.29) is 12.3 Å². The van der Waals surface area contributed by atoms with E-state index in [9.17, 15) is 21.6 Å². The number of benzene rings is 2. The number of ether oxygens (including phenoxy) is 1. The summed E-state index contributed by atoms with van der Waals surface area (Å²) < 4.78 is 69.1. The second kappa shape index (κ2) is 11.8. The van der Waals surface area contributed by atoms with Crippen molar-refractivity contribution < 1.29 is 26.3 Å². The lowest BCUT2D eigenvalue weighted by molar-refractivity contribution is -0.137. The van der Waals surface area contributed by atoms with Crippen molar-refractivity contribution >= 4 is 27.6 Å². The van der Waals surface area contributed by atoms with Gasteiger partial charge in [-0.05, 0) is 48.5 Å². The Morgan fingerprint density at radius 1 is 1.15 bits per heavy atom. The van der Waals surface area contributed by atoms with Gasteiger partial charge in [-0.1, -0.05) is 18.2 Å². The highest BCUT2D eigenvalue weighted by atomic mass is 32.2. The lowest BCUT2D eigenvalue weighted by Gasteiger charge is -2.15. The first-order valence-corrected chi connectivity index (χ1v) is 11.6. The zero-order valence-electron chi connectivity index (χ0n) is 18.3. The number of hydrogen-bond acceptors (Lipinski definition) is 6. The monoisotopic (exact) mass is 484 g/mol. The summed E-state index contributed by atoms with van der Waals surface area (Å²) in [5.74, 6) is -0.147. The van der Waals surface area contributed by atoms with Crippen LogP contribution in [0, 0.1) is 0 Å². The van der Waals surface area contributed by atoms with Gasteiger partial charge in [-0.2, -0.15) is 13.2 Å². The van der Waals surface area contributed by atoms with E-state index in [4.69, 9.17) is 10.5 Å². The maximum absolute atomic E-state index is 12.9. The summed E-state index contributed by atoms with van der Waals surface area (Å²) >= 11 is 0. The Kier molecular flexibility index (Phi) is 9.44. The van der Waals surface area contributed by atoms with Crippen LogP contribution in [0.5, 0.6) is 0 Å². The molecule has 0 fully saturated rings. The zero-order chi connectivity index (χ0) is 24.5. The predicted octanol–water partition coefficient (Wildman–Crippen LogP) is 3.35. The van der Waals surface area contributed by atoms with Crippen molar-refractivity contribution in [3.8, 4) is 11.1 Å². The zero-order valence-corrected chi connectivity index (χ0v) is 19.1. The second-order valence-corrected chi connectivity index (χ2v) is 9.00. The van der Waals surface area contributed by atoms with Crippen molar-refractivity contribution in [1.82, 2.24) is 4.72 Å². The van der Waals surface area contributed by atoms with Crippen molar-refractivity contribution in [2.24, 2.45) is 10.7 Å². The molecule has 11 heteroatoms. The first kappa shape index (κ1) is 26.4. The summed E-state index contributed by atoms with van der Waals surface area (Å²) in [5.41, 5.74) is 8.23. The highest BCUT2D eigenvalue weighted by Crippen LogP contribution is 2.32. The first-order chi connectivity index (χ1) is 15.6. The van der Waals surface area contributed by atoms with Gasteiger partial charge < -0.3 is 15.8 Å². The van der Waals surface area contributed by atoms with Crippen LogP contribution in [0.2, 0.25) is 0 Å². The molecule has 0 aliphatic rings. The molecule has 0 spiro atoms. The Bertz CT molecular complexity index is 1080.